The van der Waals surface area contributed by atoms with Crippen molar-refractivity contribution in [2.75, 3.05) is 0 Å². The summed E-state index contributed by atoms with van der Waals surface area (Å²) in [6.07, 6.45) is -0.378. The fourth-order valence-electron chi connectivity index (χ4n) is 5.61. The molecule has 0 radical (unpaired) electrons. The lowest BCUT2D eigenvalue weighted by Crippen LogP contribution is -2.44. The maximum Gasteiger partial charge on any atom is 0.0991 e. The lowest BCUT2D eigenvalue weighted by Gasteiger charge is -2.28. The Kier molecular flexibility index (Phi) is 6.27. The van der Waals surface area contributed by atoms with Gasteiger partial charge in [-0.3, -0.25) is 0 Å². The van der Waals surface area contributed by atoms with Crippen molar-refractivity contribution >= 4 is 53.3 Å². The van der Waals surface area contributed by atoms with Gasteiger partial charge in [-0.15, -0.1) is 11.3 Å². The van der Waals surface area contributed by atoms with E-state index in [0.717, 1.165) is 11.1 Å². The lowest BCUT2D eigenvalue weighted by molar-refractivity contribution is 0.112. The van der Waals surface area contributed by atoms with Gasteiger partial charge >= 0.3 is 0 Å². The summed E-state index contributed by atoms with van der Waals surface area (Å²) in [5.74, 6) is 0. The molecule has 0 saturated carbocycles. The molecule has 0 aliphatic rings. The summed E-state index contributed by atoms with van der Waals surface area (Å²) >= 11 is 1.85. The van der Waals surface area contributed by atoms with Crippen molar-refractivity contribution in [2.45, 2.75) is 19.4 Å². The molecule has 0 bridgehead atoms. The standard InChI is InChI=1S/C34H27N5S/c35-20-23-14-16-24(17-15-23)21-38(37-34(36)25-8-2-1-3-9-25)22-39-30-12-6-4-10-26(30)28-18-19-29-27-11-5-7-13-31(27)40-33(29)32(28)39/h1-19,34,37H,21-22,36H2. The summed E-state index contributed by atoms with van der Waals surface area (Å²) in [7, 11) is 0. The zero-order valence-corrected chi connectivity index (χ0v) is 22.6. The number of nitrogens with two attached hydrogens (primary N) is 1. The molecule has 0 spiro atoms. The second-order valence-corrected chi connectivity index (χ2v) is 11.1. The summed E-state index contributed by atoms with van der Waals surface area (Å²) in [4.78, 5) is 0. The van der Waals surface area contributed by atoms with Crippen LogP contribution in [0.3, 0.4) is 0 Å². The Morgan fingerprint density at radius 3 is 2.27 bits per heavy atom. The molecule has 0 aliphatic heterocycles. The smallest absolute Gasteiger partial charge is 0.0991 e. The topological polar surface area (TPSA) is 70.0 Å². The average Bonchev–Trinajstić information content (AvgIpc) is 3.54. The van der Waals surface area contributed by atoms with Crippen molar-refractivity contribution < 1.29 is 0 Å². The van der Waals surface area contributed by atoms with E-state index in [1.54, 1.807) is 0 Å². The normalized spacial score (nSPS) is 12.5. The second-order valence-electron chi connectivity index (χ2n) is 10.0. The number of fused-ring (bicyclic) bond motifs is 7. The highest BCUT2D eigenvalue weighted by molar-refractivity contribution is 7.26. The molecule has 3 N–H and O–H groups in total. The van der Waals surface area contributed by atoms with Crippen LogP contribution in [0, 0.1) is 11.3 Å². The predicted octanol–water partition coefficient (Wildman–Crippen LogP) is 7.66. The molecular weight excluding hydrogens is 510 g/mol. The summed E-state index contributed by atoms with van der Waals surface area (Å²) in [5, 5.41) is 16.5. The Morgan fingerprint density at radius 2 is 1.48 bits per heavy atom. The van der Waals surface area contributed by atoms with Crippen LogP contribution in [0.2, 0.25) is 0 Å². The van der Waals surface area contributed by atoms with Gasteiger partial charge in [-0.05, 0) is 35.4 Å². The SMILES string of the molecule is N#Cc1ccc(CN(Cn2c3ccccc3c3ccc4c5ccccc5sc4c32)NC(N)c2ccccc2)cc1. The number of thiophene rings is 1. The van der Waals surface area contributed by atoms with E-state index in [0.29, 0.717) is 18.8 Å². The Morgan fingerprint density at radius 1 is 0.775 bits per heavy atom. The molecule has 1 unspecified atom stereocenters. The van der Waals surface area contributed by atoms with Gasteiger partial charge in [0, 0.05) is 32.8 Å². The number of benzene rings is 5. The van der Waals surface area contributed by atoms with Gasteiger partial charge in [0.15, 0.2) is 0 Å². The maximum absolute atomic E-state index is 9.28. The number of hydrazine groups is 1. The molecule has 40 heavy (non-hydrogen) atoms. The van der Waals surface area contributed by atoms with Crippen molar-refractivity contribution in [3.8, 4) is 6.07 Å². The summed E-state index contributed by atoms with van der Waals surface area (Å²) in [5.41, 5.74) is 15.5. The van der Waals surface area contributed by atoms with E-state index < -0.39 is 0 Å². The van der Waals surface area contributed by atoms with Gasteiger partial charge in [0.25, 0.3) is 0 Å². The van der Waals surface area contributed by atoms with Crippen LogP contribution in [0.4, 0.5) is 0 Å². The van der Waals surface area contributed by atoms with E-state index in [2.05, 4.69) is 81.7 Å². The van der Waals surface area contributed by atoms with E-state index in [-0.39, 0.29) is 6.17 Å². The molecule has 5 aromatic carbocycles. The Hall–Kier alpha value is -4.51. The first-order valence-corrected chi connectivity index (χ1v) is 14.1. The molecular formula is C34H27N5S. The van der Waals surface area contributed by atoms with Gasteiger partial charge in [-0.25, -0.2) is 10.4 Å². The van der Waals surface area contributed by atoms with Crippen molar-refractivity contribution in [2.24, 2.45) is 5.73 Å². The van der Waals surface area contributed by atoms with Crippen LogP contribution >= 0.6 is 11.3 Å². The number of aromatic nitrogens is 1. The minimum atomic E-state index is -0.378. The number of nitrogens with one attached hydrogen (secondary N) is 1. The third-order valence-corrected chi connectivity index (χ3v) is 8.72. The van der Waals surface area contributed by atoms with Crippen LogP contribution < -0.4 is 11.2 Å². The molecule has 2 heterocycles. The Balaban J connectivity index is 1.38. The van der Waals surface area contributed by atoms with E-state index in [1.165, 1.54) is 42.0 Å². The van der Waals surface area contributed by atoms with Crippen molar-refractivity contribution in [1.82, 2.24) is 15.0 Å². The number of para-hydroxylation sites is 1. The molecule has 0 amide bonds. The minimum Gasteiger partial charge on any atom is -0.324 e. The first-order chi connectivity index (χ1) is 19.7. The highest BCUT2D eigenvalue weighted by Gasteiger charge is 2.19. The second kappa shape index (κ2) is 10.2. The van der Waals surface area contributed by atoms with Crippen LogP contribution in [0.25, 0.3) is 42.0 Å². The predicted molar refractivity (Wildman–Crippen MR) is 166 cm³/mol. The Labute approximate surface area is 236 Å². The lowest BCUT2D eigenvalue weighted by atomic mass is 10.1. The molecule has 6 heteroatoms. The first kappa shape index (κ1) is 24.5. The van der Waals surface area contributed by atoms with E-state index in [1.807, 2.05) is 65.9 Å². The molecule has 0 aliphatic carbocycles. The average molecular weight is 538 g/mol. The maximum atomic E-state index is 9.28. The monoisotopic (exact) mass is 537 g/mol. The van der Waals surface area contributed by atoms with Crippen LogP contribution in [-0.2, 0) is 13.2 Å². The van der Waals surface area contributed by atoms with Crippen LogP contribution in [0.5, 0.6) is 0 Å². The third kappa shape index (κ3) is 4.32. The van der Waals surface area contributed by atoms with E-state index >= 15 is 0 Å². The van der Waals surface area contributed by atoms with Gasteiger partial charge in [-0.1, -0.05) is 91.0 Å². The quantitative estimate of drug-likeness (QED) is 0.162. The van der Waals surface area contributed by atoms with Gasteiger partial charge in [0.1, 0.15) is 0 Å². The van der Waals surface area contributed by atoms with Crippen molar-refractivity contribution in [1.29, 1.82) is 5.26 Å². The Bertz CT molecular complexity index is 2020. The largest absolute Gasteiger partial charge is 0.324 e. The van der Waals surface area contributed by atoms with Gasteiger partial charge in [-0.2, -0.15) is 5.26 Å². The molecule has 0 saturated heterocycles. The fraction of sp³-hybridized carbons (Fsp3) is 0.0882. The number of nitriles is 1. The number of rotatable bonds is 7. The minimum absolute atomic E-state index is 0.378. The van der Waals surface area contributed by atoms with Crippen LogP contribution in [-0.4, -0.2) is 9.58 Å². The van der Waals surface area contributed by atoms with Crippen molar-refractivity contribution in [3.05, 3.63) is 132 Å². The zero-order chi connectivity index (χ0) is 27.1. The molecule has 2 aromatic heterocycles. The molecule has 194 valence electrons. The molecule has 7 aromatic rings. The highest BCUT2D eigenvalue weighted by Crippen LogP contribution is 2.41. The summed E-state index contributed by atoms with van der Waals surface area (Å²) in [6.45, 7) is 1.19. The molecule has 5 nitrogen and oxygen atoms in total. The van der Waals surface area contributed by atoms with Gasteiger partial charge in [0.05, 0.1) is 40.2 Å². The van der Waals surface area contributed by atoms with Crippen LogP contribution in [0.1, 0.15) is 22.9 Å². The molecule has 0 fully saturated rings. The van der Waals surface area contributed by atoms with Crippen molar-refractivity contribution in [3.63, 3.8) is 0 Å². The summed E-state index contributed by atoms with van der Waals surface area (Å²) in [6, 6.07) is 41.9. The molecule has 1 atom stereocenters. The van der Waals surface area contributed by atoms with Crippen LogP contribution in [0.15, 0.2) is 115 Å². The molecule has 7 rings (SSSR count). The number of hydrogen-bond donors (Lipinski definition) is 2. The zero-order valence-electron chi connectivity index (χ0n) is 21.8. The van der Waals surface area contributed by atoms with Gasteiger partial charge < -0.3 is 10.3 Å². The number of hydrogen-bond acceptors (Lipinski definition) is 5. The summed E-state index contributed by atoms with van der Waals surface area (Å²) < 4.78 is 5.00. The highest BCUT2D eigenvalue weighted by atomic mass is 32.1. The first-order valence-electron chi connectivity index (χ1n) is 13.3. The fourth-order valence-corrected chi connectivity index (χ4v) is 6.87. The van der Waals surface area contributed by atoms with E-state index in [4.69, 9.17) is 5.73 Å². The third-order valence-electron chi connectivity index (χ3n) is 7.52. The van der Waals surface area contributed by atoms with Gasteiger partial charge in [0.2, 0.25) is 0 Å². The number of nitrogens with zero attached hydrogens (tertiary/aromatic N) is 3. The van der Waals surface area contributed by atoms with E-state index in [9.17, 15) is 5.26 Å².